The van der Waals surface area contributed by atoms with Crippen LogP contribution in [0.25, 0.3) is 16.6 Å². The van der Waals surface area contributed by atoms with Gasteiger partial charge in [0.1, 0.15) is 0 Å². The second-order valence-electron chi connectivity index (χ2n) is 7.38. The zero-order valence-corrected chi connectivity index (χ0v) is 18.4. The molecule has 0 aliphatic heterocycles. The lowest BCUT2D eigenvalue weighted by Gasteiger charge is -2.13. The van der Waals surface area contributed by atoms with Crippen LogP contribution < -0.4 is 10.9 Å². The van der Waals surface area contributed by atoms with Crippen LogP contribution in [0.4, 0.5) is 5.69 Å². The number of nitrogens with zero attached hydrogens (tertiary/aromatic N) is 3. The molecule has 6 nitrogen and oxygen atoms in total. The minimum absolute atomic E-state index is 0.150. The number of benzene rings is 3. The molecule has 0 aliphatic rings. The van der Waals surface area contributed by atoms with E-state index in [0.29, 0.717) is 33.0 Å². The Morgan fingerprint density at radius 2 is 1.78 bits per heavy atom. The number of rotatable bonds is 5. The van der Waals surface area contributed by atoms with E-state index in [4.69, 9.17) is 5.26 Å². The standard InChI is InChI=1S/C25H20N4O2S/c1-16-12-17(2)14-19(13-16)27-23(30)18-8-9-21-22(15-18)28-25(32-11-10-26)29(24(21)31)20-6-4-3-5-7-20/h3-9,12-15H,11H2,1-2H3,(H,27,30). The summed E-state index contributed by atoms with van der Waals surface area (Å²) in [7, 11) is 0. The van der Waals surface area contributed by atoms with Crippen LogP contribution in [-0.2, 0) is 0 Å². The van der Waals surface area contributed by atoms with Crippen LogP contribution in [0.1, 0.15) is 21.5 Å². The van der Waals surface area contributed by atoms with Crippen LogP contribution in [0.3, 0.4) is 0 Å². The van der Waals surface area contributed by atoms with Gasteiger partial charge >= 0.3 is 0 Å². The molecule has 1 heterocycles. The quantitative estimate of drug-likeness (QED) is 0.353. The average molecular weight is 441 g/mol. The van der Waals surface area contributed by atoms with Crippen molar-refractivity contribution in [2.45, 2.75) is 19.0 Å². The molecule has 4 rings (SSSR count). The highest BCUT2D eigenvalue weighted by Crippen LogP contribution is 2.22. The molecule has 158 valence electrons. The van der Waals surface area contributed by atoms with Crippen molar-refractivity contribution in [1.29, 1.82) is 5.26 Å². The molecule has 7 heteroatoms. The van der Waals surface area contributed by atoms with Crippen LogP contribution in [0.5, 0.6) is 0 Å². The van der Waals surface area contributed by atoms with Gasteiger partial charge in [0.05, 0.1) is 28.4 Å². The Kier molecular flexibility index (Phi) is 6.06. The van der Waals surface area contributed by atoms with Crippen LogP contribution in [-0.4, -0.2) is 21.2 Å². The SMILES string of the molecule is Cc1cc(C)cc(NC(=O)c2ccc3c(=O)n(-c4ccccc4)c(SCC#N)nc3c2)c1. The van der Waals surface area contributed by atoms with Crippen LogP contribution >= 0.6 is 11.8 Å². The molecule has 4 aromatic rings. The van der Waals surface area contributed by atoms with Gasteiger partial charge in [0, 0.05) is 11.3 Å². The molecule has 1 amide bonds. The fourth-order valence-corrected chi connectivity index (χ4v) is 4.23. The lowest BCUT2D eigenvalue weighted by molar-refractivity contribution is 0.102. The maximum Gasteiger partial charge on any atom is 0.266 e. The zero-order valence-electron chi connectivity index (χ0n) is 17.6. The molecule has 0 radical (unpaired) electrons. The summed E-state index contributed by atoms with van der Waals surface area (Å²) in [4.78, 5) is 30.7. The van der Waals surface area contributed by atoms with Crippen molar-refractivity contribution in [2.75, 3.05) is 11.1 Å². The first-order chi connectivity index (χ1) is 15.5. The highest BCUT2D eigenvalue weighted by Gasteiger charge is 2.15. The molecule has 0 saturated heterocycles. The predicted molar refractivity (Wildman–Crippen MR) is 128 cm³/mol. The number of fused-ring (bicyclic) bond motifs is 1. The maximum absolute atomic E-state index is 13.3. The normalized spacial score (nSPS) is 10.7. The van der Waals surface area contributed by atoms with E-state index in [-0.39, 0.29) is 17.2 Å². The van der Waals surface area contributed by atoms with Crippen molar-refractivity contribution in [3.8, 4) is 11.8 Å². The van der Waals surface area contributed by atoms with Gasteiger partial charge in [-0.2, -0.15) is 5.26 Å². The third-order valence-electron chi connectivity index (χ3n) is 4.86. The Morgan fingerprint density at radius 1 is 1.06 bits per heavy atom. The van der Waals surface area contributed by atoms with Crippen molar-refractivity contribution in [3.63, 3.8) is 0 Å². The first-order valence-electron chi connectivity index (χ1n) is 9.98. The number of anilines is 1. The lowest BCUT2D eigenvalue weighted by Crippen LogP contribution is -2.22. The molecule has 0 fully saturated rings. The minimum atomic E-state index is -0.280. The van der Waals surface area contributed by atoms with Crippen molar-refractivity contribution >= 4 is 34.3 Å². The van der Waals surface area contributed by atoms with Gasteiger partial charge in [-0.25, -0.2) is 4.98 Å². The second kappa shape index (κ2) is 9.08. The van der Waals surface area contributed by atoms with E-state index in [9.17, 15) is 9.59 Å². The number of nitrogens with one attached hydrogen (secondary N) is 1. The molecule has 0 aliphatic carbocycles. The largest absolute Gasteiger partial charge is 0.322 e. The Hall–Kier alpha value is -3.89. The van der Waals surface area contributed by atoms with E-state index in [1.807, 2.05) is 62.4 Å². The predicted octanol–water partition coefficient (Wildman–Crippen LogP) is 4.87. The van der Waals surface area contributed by atoms with Gasteiger partial charge < -0.3 is 5.32 Å². The number of para-hydroxylation sites is 1. The van der Waals surface area contributed by atoms with Gasteiger partial charge in [-0.3, -0.25) is 14.2 Å². The average Bonchev–Trinajstić information content (AvgIpc) is 2.77. The summed E-state index contributed by atoms with van der Waals surface area (Å²) >= 11 is 1.18. The molecule has 0 unspecified atom stereocenters. The van der Waals surface area contributed by atoms with Crippen molar-refractivity contribution in [3.05, 3.63) is 93.8 Å². The summed E-state index contributed by atoms with van der Waals surface area (Å²) < 4.78 is 1.50. The molecule has 0 saturated carbocycles. The molecule has 0 spiro atoms. The maximum atomic E-state index is 13.3. The third-order valence-corrected chi connectivity index (χ3v) is 5.67. The van der Waals surface area contributed by atoms with E-state index in [2.05, 4.69) is 16.4 Å². The van der Waals surface area contributed by atoms with Crippen molar-refractivity contribution in [1.82, 2.24) is 9.55 Å². The number of hydrogen-bond acceptors (Lipinski definition) is 5. The number of amides is 1. The first-order valence-corrected chi connectivity index (χ1v) is 11.0. The van der Waals surface area contributed by atoms with Gasteiger partial charge in [-0.1, -0.05) is 36.0 Å². The number of nitriles is 1. The minimum Gasteiger partial charge on any atom is -0.322 e. The van der Waals surface area contributed by atoms with E-state index in [1.54, 1.807) is 18.2 Å². The van der Waals surface area contributed by atoms with Gasteiger partial charge in [-0.15, -0.1) is 0 Å². The van der Waals surface area contributed by atoms with E-state index >= 15 is 0 Å². The molecule has 32 heavy (non-hydrogen) atoms. The molecule has 0 bridgehead atoms. The van der Waals surface area contributed by atoms with Crippen molar-refractivity contribution < 1.29 is 4.79 Å². The number of carbonyl (C=O) groups excluding carboxylic acids is 1. The van der Waals surface area contributed by atoms with E-state index < -0.39 is 0 Å². The van der Waals surface area contributed by atoms with Gasteiger partial charge in [0.25, 0.3) is 11.5 Å². The summed E-state index contributed by atoms with van der Waals surface area (Å²) in [6.07, 6.45) is 0. The first kappa shape index (κ1) is 21.3. The molecule has 1 N–H and O–H groups in total. The highest BCUT2D eigenvalue weighted by molar-refractivity contribution is 7.99. The highest BCUT2D eigenvalue weighted by atomic mass is 32.2. The summed E-state index contributed by atoms with van der Waals surface area (Å²) in [5.41, 5.74) is 4.06. The fourth-order valence-electron chi connectivity index (χ4n) is 3.56. The zero-order chi connectivity index (χ0) is 22.7. The van der Waals surface area contributed by atoms with Gasteiger partial charge in [0.2, 0.25) is 0 Å². The molecule has 1 aromatic heterocycles. The van der Waals surface area contributed by atoms with E-state index in [0.717, 1.165) is 11.1 Å². The number of aryl methyl sites for hydroxylation is 2. The summed E-state index contributed by atoms with van der Waals surface area (Å²) in [5.74, 6) is -0.130. The van der Waals surface area contributed by atoms with E-state index in [1.165, 1.54) is 16.3 Å². The van der Waals surface area contributed by atoms with Crippen LogP contribution in [0, 0.1) is 25.2 Å². The summed E-state index contributed by atoms with van der Waals surface area (Å²) in [6, 6.07) is 21.9. The number of carbonyl (C=O) groups is 1. The Bertz CT molecular complexity index is 1400. The number of aromatic nitrogens is 2. The smallest absolute Gasteiger partial charge is 0.266 e. The topological polar surface area (TPSA) is 87.8 Å². The molecule has 3 aromatic carbocycles. The Morgan fingerprint density at radius 3 is 2.47 bits per heavy atom. The summed E-state index contributed by atoms with van der Waals surface area (Å²) in [6.45, 7) is 3.95. The monoisotopic (exact) mass is 440 g/mol. The Labute approximate surface area is 189 Å². The second-order valence-corrected chi connectivity index (χ2v) is 8.32. The molecular weight excluding hydrogens is 420 g/mol. The van der Waals surface area contributed by atoms with Gasteiger partial charge in [0.15, 0.2) is 5.16 Å². The number of hydrogen-bond donors (Lipinski definition) is 1. The van der Waals surface area contributed by atoms with Gasteiger partial charge in [-0.05, 0) is 67.4 Å². The fraction of sp³-hybridized carbons (Fsp3) is 0.120. The van der Waals surface area contributed by atoms with Crippen LogP contribution in [0.15, 0.2) is 76.7 Å². The summed E-state index contributed by atoms with van der Waals surface area (Å²) in [5, 5.41) is 12.7. The Balaban J connectivity index is 1.77. The lowest BCUT2D eigenvalue weighted by atomic mass is 10.1. The third kappa shape index (κ3) is 4.41. The van der Waals surface area contributed by atoms with Crippen molar-refractivity contribution in [2.24, 2.45) is 0 Å². The molecule has 0 atom stereocenters. The molecular formula is C25H20N4O2S. The number of thioether (sulfide) groups is 1. The van der Waals surface area contributed by atoms with Crippen LogP contribution in [0.2, 0.25) is 0 Å².